The third-order valence-electron chi connectivity index (χ3n) is 5.73. The third-order valence-corrected chi connectivity index (χ3v) is 6.89. The number of halogens is 1. The van der Waals surface area contributed by atoms with Crippen LogP contribution in [0.1, 0.15) is 30.3 Å². The quantitative estimate of drug-likeness (QED) is 0.505. The number of rotatable bonds is 4. The van der Waals surface area contributed by atoms with Gasteiger partial charge in [-0.05, 0) is 44.5 Å². The molecule has 7 nitrogen and oxygen atoms in total. The Morgan fingerprint density at radius 1 is 1.19 bits per heavy atom. The molecule has 1 aliphatic heterocycles. The number of aromatic nitrogens is 3. The zero-order valence-corrected chi connectivity index (χ0v) is 18.7. The topological polar surface area (TPSA) is 82.1 Å². The molecule has 1 fully saturated rings. The number of oxazole rings is 1. The van der Waals surface area contributed by atoms with E-state index < -0.39 is 0 Å². The van der Waals surface area contributed by atoms with Crippen molar-refractivity contribution in [3.8, 4) is 10.4 Å². The summed E-state index contributed by atoms with van der Waals surface area (Å²) in [6, 6.07) is 11.8. The molecule has 3 aromatic heterocycles. The maximum Gasteiger partial charge on any atom is 0.332 e. The van der Waals surface area contributed by atoms with Crippen molar-refractivity contribution in [3.05, 3.63) is 75.1 Å². The van der Waals surface area contributed by atoms with Crippen LogP contribution in [-0.4, -0.2) is 27.2 Å². The number of fused-ring (bicyclic) bond motifs is 1. The molecule has 0 spiro atoms. The molecule has 1 aromatic carbocycles. The summed E-state index contributed by atoms with van der Waals surface area (Å²) in [4.78, 5) is 32.1. The number of benzene rings is 1. The van der Waals surface area contributed by atoms with E-state index in [9.17, 15) is 9.59 Å². The monoisotopic (exact) mass is 458 g/mol. The van der Waals surface area contributed by atoms with E-state index in [2.05, 4.69) is 10.3 Å². The van der Waals surface area contributed by atoms with Crippen molar-refractivity contribution in [2.75, 3.05) is 13.1 Å². The maximum absolute atomic E-state index is 13.5. The summed E-state index contributed by atoms with van der Waals surface area (Å²) < 4.78 is 9.24. The number of hydrogen-bond acceptors (Lipinski definition) is 6. The Kier molecular flexibility index (Phi) is 6.13. The van der Waals surface area contributed by atoms with E-state index in [0.717, 1.165) is 42.1 Å². The van der Waals surface area contributed by atoms with Crippen molar-refractivity contribution in [1.82, 2.24) is 19.4 Å². The molecule has 0 bridgehead atoms. The van der Waals surface area contributed by atoms with Gasteiger partial charge in [0.05, 0.1) is 17.8 Å². The molecule has 0 saturated carbocycles. The summed E-state index contributed by atoms with van der Waals surface area (Å²) in [6.07, 6.45) is 2.91. The van der Waals surface area contributed by atoms with E-state index in [1.54, 1.807) is 4.57 Å². The lowest BCUT2D eigenvalue weighted by atomic mass is 10.1. The van der Waals surface area contributed by atoms with Crippen molar-refractivity contribution < 1.29 is 4.42 Å². The van der Waals surface area contributed by atoms with Crippen LogP contribution < -0.4 is 16.6 Å². The highest BCUT2D eigenvalue weighted by atomic mass is 35.5. The summed E-state index contributed by atoms with van der Waals surface area (Å²) in [7, 11) is 0. The van der Waals surface area contributed by atoms with Gasteiger partial charge in [0.25, 0.3) is 5.56 Å². The highest BCUT2D eigenvalue weighted by molar-refractivity contribution is 7.22. The van der Waals surface area contributed by atoms with Gasteiger partial charge in [0.2, 0.25) is 0 Å². The van der Waals surface area contributed by atoms with Gasteiger partial charge in [0, 0.05) is 10.9 Å². The summed E-state index contributed by atoms with van der Waals surface area (Å²) in [5.74, 6) is 0.626. The smallest absolute Gasteiger partial charge is 0.332 e. The molecule has 9 heteroatoms. The summed E-state index contributed by atoms with van der Waals surface area (Å²) in [5, 5.41) is 3.30. The SMILES string of the molecule is Cc1ncoc1Cn1c(=O)n(C2CCNCC2)c(=O)c2sc(-c3ccccc3)cc21.Cl. The molecule has 0 atom stereocenters. The van der Waals surface area contributed by atoms with E-state index in [0.29, 0.717) is 16.0 Å². The lowest BCUT2D eigenvalue weighted by Gasteiger charge is -2.24. The summed E-state index contributed by atoms with van der Waals surface area (Å²) in [5.41, 5.74) is 1.94. The molecule has 0 radical (unpaired) electrons. The zero-order chi connectivity index (χ0) is 20.7. The van der Waals surface area contributed by atoms with E-state index >= 15 is 0 Å². The van der Waals surface area contributed by atoms with Crippen molar-refractivity contribution in [2.45, 2.75) is 32.4 Å². The van der Waals surface area contributed by atoms with Crippen LogP contribution in [0.5, 0.6) is 0 Å². The van der Waals surface area contributed by atoms with Crippen molar-refractivity contribution in [2.24, 2.45) is 0 Å². The Bertz CT molecular complexity index is 1320. The molecule has 5 rings (SSSR count). The van der Waals surface area contributed by atoms with Gasteiger partial charge < -0.3 is 9.73 Å². The number of hydrogen-bond donors (Lipinski definition) is 1. The molecular weight excluding hydrogens is 436 g/mol. The molecule has 0 amide bonds. The minimum atomic E-state index is -0.285. The number of aryl methyl sites for hydroxylation is 1. The molecule has 1 saturated heterocycles. The minimum Gasteiger partial charge on any atom is -0.446 e. The Morgan fingerprint density at radius 2 is 1.94 bits per heavy atom. The van der Waals surface area contributed by atoms with Gasteiger partial charge in [-0.1, -0.05) is 30.3 Å². The van der Waals surface area contributed by atoms with Crippen LogP contribution in [0.15, 0.2) is 56.8 Å². The predicted molar refractivity (Wildman–Crippen MR) is 125 cm³/mol. The first kappa shape index (κ1) is 21.5. The van der Waals surface area contributed by atoms with Crippen LogP contribution in [0.4, 0.5) is 0 Å². The molecule has 4 heterocycles. The second kappa shape index (κ2) is 8.82. The molecular formula is C22H23ClN4O3S. The first-order valence-corrected chi connectivity index (χ1v) is 10.9. The number of nitrogens with one attached hydrogen (secondary N) is 1. The van der Waals surface area contributed by atoms with Gasteiger partial charge in [-0.25, -0.2) is 9.78 Å². The number of piperidine rings is 1. The van der Waals surface area contributed by atoms with Crippen LogP contribution in [0.3, 0.4) is 0 Å². The lowest BCUT2D eigenvalue weighted by Crippen LogP contribution is -2.45. The van der Waals surface area contributed by atoms with Crippen LogP contribution in [-0.2, 0) is 6.54 Å². The van der Waals surface area contributed by atoms with E-state index in [1.807, 2.05) is 43.3 Å². The average molecular weight is 459 g/mol. The van der Waals surface area contributed by atoms with Crippen LogP contribution >= 0.6 is 23.7 Å². The Hall–Kier alpha value is -2.68. The van der Waals surface area contributed by atoms with E-state index in [1.165, 1.54) is 22.3 Å². The molecule has 31 heavy (non-hydrogen) atoms. The fourth-order valence-corrected chi connectivity index (χ4v) is 5.17. The molecule has 0 unspecified atom stereocenters. The number of thiophene rings is 1. The third kappa shape index (κ3) is 3.86. The van der Waals surface area contributed by atoms with Crippen molar-refractivity contribution in [3.63, 3.8) is 0 Å². The first-order chi connectivity index (χ1) is 14.6. The highest BCUT2D eigenvalue weighted by Crippen LogP contribution is 2.32. The molecule has 1 N–H and O–H groups in total. The Balaban J connectivity index is 0.00000231. The molecule has 1 aliphatic rings. The van der Waals surface area contributed by atoms with E-state index in [-0.39, 0.29) is 36.2 Å². The predicted octanol–water partition coefficient (Wildman–Crippen LogP) is 3.58. The summed E-state index contributed by atoms with van der Waals surface area (Å²) in [6.45, 7) is 3.70. The molecule has 0 aliphatic carbocycles. The normalized spacial score (nSPS) is 14.6. The Morgan fingerprint density at radius 3 is 2.61 bits per heavy atom. The van der Waals surface area contributed by atoms with Gasteiger partial charge >= 0.3 is 5.69 Å². The largest absolute Gasteiger partial charge is 0.446 e. The fraction of sp³-hybridized carbons (Fsp3) is 0.318. The lowest BCUT2D eigenvalue weighted by molar-refractivity contribution is 0.345. The standard InChI is InChI=1S/C22H22N4O3S.ClH/c1-14-18(29-13-24-14)12-25-17-11-19(15-5-3-2-4-6-15)30-20(17)21(27)26(22(25)28)16-7-9-23-10-8-16;/h2-6,11,13,16,23H,7-10,12H2,1H3;1H. The first-order valence-electron chi connectivity index (χ1n) is 10.1. The molecule has 4 aromatic rings. The Labute approximate surface area is 188 Å². The second-order valence-corrected chi connectivity index (χ2v) is 8.63. The van der Waals surface area contributed by atoms with Gasteiger partial charge in [-0.3, -0.25) is 13.9 Å². The zero-order valence-electron chi connectivity index (χ0n) is 17.0. The second-order valence-electron chi connectivity index (χ2n) is 7.58. The van der Waals surface area contributed by atoms with Gasteiger partial charge in [-0.15, -0.1) is 23.7 Å². The highest BCUT2D eigenvalue weighted by Gasteiger charge is 2.24. The van der Waals surface area contributed by atoms with Gasteiger partial charge in [0.1, 0.15) is 10.5 Å². The van der Waals surface area contributed by atoms with Gasteiger partial charge in [-0.2, -0.15) is 0 Å². The van der Waals surface area contributed by atoms with Crippen LogP contribution in [0.25, 0.3) is 20.7 Å². The summed E-state index contributed by atoms with van der Waals surface area (Å²) >= 11 is 1.44. The van der Waals surface area contributed by atoms with E-state index in [4.69, 9.17) is 4.42 Å². The average Bonchev–Trinajstić information content (AvgIpc) is 3.39. The van der Waals surface area contributed by atoms with Crippen LogP contribution in [0.2, 0.25) is 0 Å². The fourth-order valence-electron chi connectivity index (χ4n) is 4.07. The number of nitrogens with zero attached hydrogens (tertiary/aromatic N) is 3. The minimum absolute atomic E-state index is 0. The van der Waals surface area contributed by atoms with Gasteiger partial charge in [0.15, 0.2) is 6.39 Å². The van der Waals surface area contributed by atoms with Crippen LogP contribution in [0, 0.1) is 6.92 Å². The maximum atomic E-state index is 13.5. The molecule has 162 valence electrons. The van der Waals surface area contributed by atoms with Crippen molar-refractivity contribution >= 4 is 34.0 Å². The van der Waals surface area contributed by atoms with Crippen molar-refractivity contribution in [1.29, 1.82) is 0 Å².